The molecule has 0 aromatic carbocycles. The summed E-state index contributed by atoms with van der Waals surface area (Å²) in [5, 5.41) is 31.5. The molecule has 1 aliphatic heterocycles. The maximum Gasteiger partial charge on any atom is 0.335 e. The zero-order valence-corrected chi connectivity index (χ0v) is 49.2. The van der Waals surface area contributed by atoms with Gasteiger partial charge in [0.25, 0.3) is 0 Å². The highest BCUT2D eigenvalue weighted by Gasteiger charge is 2.50. The summed E-state index contributed by atoms with van der Waals surface area (Å²) in [6.07, 6.45) is 52.2. The minimum absolute atomic E-state index is 0.0417. The van der Waals surface area contributed by atoms with Crippen molar-refractivity contribution < 1.29 is 58.2 Å². The number of carboxylic acids is 1. The van der Waals surface area contributed by atoms with Crippen LogP contribution < -0.4 is 0 Å². The van der Waals surface area contributed by atoms with Crippen molar-refractivity contribution in [3.8, 4) is 0 Å². The number of carboxylic acid groups (broad SMARTS) is 1. The molecule has 6 unspecified atom stereocenters. The molecule has 0 aromatic rings. The highest BCUT2D eigenvalue weighted by atomic mass is 16.7. The first kappa shape index (κ1) is 71.7. The molecule has 77 heavy (non-hydrogen) atoms. The number of ether oxygens (including phenoxy) is 5. The van der Waals surface area contributed by atoms with Gasteiger partial charge in [0, 0.05) is 19.3 Å². The maximum absolute atomic E-state index is 13.2. The standard InChI is InChI=1S/C65H114O12/c1-4-7-10-13-16-19-22-25-27-28-29-30-32-34-36-39-42-45-48-51-57(66)73-54-56(75-58(67)52-49-46-43-40-37-33-24-21-18-15-12-9-6-3)55-74-65-63(61(70)60(69)62(77-65)64(71)72)76-59(68)53-50-47-44-41-38-35-31-26-23-20-17-14-11-8-5-2/h8,11,17,20-21,24,26,31,56,60-63,65,69-70H,4-7,9-10,12-16,18-19,22-23,25,27-30,32-55H2,1-3H3,(H,71,72)/b11-8-,20-17-,24-21-,31-26-. The van der Waals surface area contributed by atoms with Gasteiger partial charge in [-0.3, -0.25) is 14.4 Å². The van der Waals surface area contributed by atoms with Crippen LogP contribution >= 0.6 is 0 Å². The van der Waals surface area contributed by atoms with Crippen LogP contribution in [0.25, 0.3) is 0 Å². The molecule has 3 N–H and O–H groups in total. The van der Waals surface area contributed by atoms with E-state index in [1.807, 2.05) is 0 Å². The average Bonchev–Trinajstić information content (AvgIpc) is 3.42. The molecule has 12 heteroatoms. The van der Waals surface area contributed by atoms with Gasteiger partial charge >= 0.3 is 23.9 Å². The fraction of sp³-hybridized carbons (Fsp3) is 0.815. The number of hydrogen-bond acceptors (Lipinski definition) is 11. The van der Waals surface area contributed by atoms with Gasteiger partial charge in [0.05, 0.1) is 6.61 Å². The van der Waals surface area contributed by atoms with Crippen LogP contribution in [0.1, 0.15) is 290 Å². The second-order valence-electron chi connectivity index (χ2n) is 21.7. The lowest BCUT2D eigenvalue weighted by atomic mass is 9.98. The van der Waals surface area contributed by atoms with Gasteiger partial charge in [0.1, 0.15) is 18.8 Å². The van der Waals surface area contributed by atoms with E-state index in [9.17, 15) is 34.5 Å². The minimum atomic E-state index is -1.91. The van der Waals surface area contributed by atoms with Gasteiger partial charge in [-0.1, -0.05) is 243 Å². The van der Waals surface area contributed by atoms with Gasteiger partial charge in [-0.2, -0.15) is 0 Å². The Morgan fingerprint density at radius 1 is 0.442 bits per heavy atom. The Hall–Kier alpha value is -3.32. The predicted octanol–water partition coefficient (Wildman–Crippen LogP) is 16.6. The lowest BCUT2D eigenvalue weighted by Gasteiger charge is -2.40. The molecule has 1 saturated heterocycles. The van der Waals surface area contributed by atoms with E-state index in [1.165, 1.54) is 122 Å². The lowest BCUT2D eigenvalue weighted by molar-refractivity contribution is -0.301. The smallest absolute Gasteiger partial charge is 0.335 e. The van der Waals surface area contributed by atoms with E-state index in [-0.39, 0.29) is 25.9 Å². The van der Waals surface area contributed by atoms with Crippen molar-refractivity contribution >= 4 is 23.9 Å². The highest BCUT2D eigenvalue weighted by Crippen LogP contribution is 2.27. The molecule has 0 aliphatic carbocycles. The Morgan fingerprint density at radius 3 is 1.27 bits per heavy atom. The Kier molecular flexibility index (Phi) is 49.7. The largest absolute Gasteiger partial charge is 0.479 e. The van der Waals surface area contributed by atoms with Gasteiger partial charge in [-0.15, -0.1) is 0 Å². The molecule has 1 aliphatic rings. The molecular formula is C65H114O12. The number of allylic oxidation sites excluding steroid dienone is 8. The molecule has 0 saturated carbocycles. The number of carbonyl (C=O) groups excluding carboxylic acids is 3. The van der Waals surface area contributed by atoms with Crippen LogP contribution in [0.15, 0.2) is 48.6 Å². The van der Waals surface area contributed by atoms with Crippen molar-refractivity contribution in [3.05, 3.63) is 48.6 Å². The predicted molar refractivity (Wildman–Crippen MR) is 312 cm³/mol. The van der Waals surface area contributed by atoms with Gasteiger partial charge in [0.2, 0.25) is 0 Å². The Balaban J connectivity index is 2.65. The fourth-order valence-corrected chi connectivity index (χ4v) is 9.56. The minimum Gasteiger partial charge on any atom is -0.479 e. The summed E-state index contributed by atoms with van der Waals surface area (Å²) in [4.78, 5) is 51.2. The monoisotopic (exact) mass is 1090 g/mol. The van der Waals surface area contributed by atoms with Crippen molar-refractivity contribution in [1.82, 2.24) is 0 Å². The van der Waals surface area contributed by atoms with Crippen LogP contribution in [-0.4, -0.2) is 89.2 Å². The fourth-order valence-electron chi connectivity index (χ4n) is 9.56. The highest BCUT2D eigenvalue weighted by molar-refractivity contribution is 5.74. The maximum atomic E-state index is 13.2. The number of hydrogen-bond donors (Lipinski definition) is 3. The second kappa shape index (κ2) is 53.3. The van der Waals surface area contributed by atoms with E-state index in [1.54, 1.807) is 0 Å². The SMILES string of the molecule is CC/C=C\C/C=C\C/C=C\CCCCCCCC(=O)OC1C(OCC(COC(=O)CCCCCCCCCCCCCCCCCCCCC)OC(=O)CCCCCCC/C=C\CCCCCC)OC(C(=O)O)C(O)C1O. The summed E-state index contributed by atoms with van der Waals surface area (Å²) >= 11 is 0. The molecule has 1 heterocycles. The molecule has 1 fully saturated rings. The third-order valence-electron chi connectivity index (χ3n) is 14.4. The Bertz CT molecular complexity index is 1520. The van der Waals surface area contributed by atoms with Crippen molar-refractivity contribution in [2.75, 3.05) is 13.2 Å². The first-order valence-corrected chi connectivity index (χ1v) is 31.6. The van der Waals surface area contributed by atoms with Crippen molar-refractivity contribution in [3.63, 3.8) is 0 Å². The van der Waals surface area contributed by atoms with Crippen molar-refractivity contribution in [2.24, 2.45) is 0 Å². The molecule has 0 amide bonds. The van der Waals surface area contributed by atoms with Gasteiger partial charge in [-0.05, 0) is 77.0 Å². The zero-order chi connectivity index (χ0) is 56.1. The average molecular weight is 1090 g/mol. The van der Waals surface area contributed by atoms with Crippen LogP contribution in [0.5, 0.6) is 0 Å². The van der Waals surface area contributed by atoms with Crippen molar-refractivity contribution in [1.29, 1.82) is 0 Å². The Labute approximate surface area is 469 Å². The number of carbonyl (C=O) groups is 4. The van der Waals surface area contributed by atoms with Gasteiger partial charge < -0.3 is 39.0 Å². The molecule has 12 nitrogen and oxygen atoms in total. The zero-order valence-electron chi connectivity index (χ0n) is 49.2. The van der Waals surface area contributed by atoms with E-state index in [0.717, 1.165) is 109 Å². The number of unbranched alkanes of at least 4 members (excludes halogenated alkanes) is 32. The number of aliphatic hydroxyl groups is 2. The quantitative estimate of drug-likeness (QED) is 0.0228. The first-order chi connectivity index (χ1) is 37.6. The van der Waals surface area contributed by atoms with Crippen LogP contribution in [0, 0.1) is 0 Å². The normalized spacial score (nSPS) is 18.3. The molecular weight excluding hydrogens is 973 g/mol. The summed E-state index contributed by atoms with van der Waals surface area (Å²) in [6, 6.07) is 0. The van der Waals surface area contributed by atoms with Crippen LogP contribution in [-0.2, 0) is 42.9 Å². The van der Waals surface area contributed by atoms with Crippen LogP contribution in [0.4, 0.5) is 0 Å². The first-order valence-electron chi connectivity index (χ1n) is 31.6. The lowest BCUT2D eigenvalue weighted by Crippen LogP contribution is -2.61. The van der Waals surface area contributed by atoms with E-state index >= 15 is 0 Å². The van der Waals surface area contributed by atoms with Gasteiger partial charge in [-0.25, -0.2) is 4.79 Å². The van der Waals surface area contributed by atoms with E-state index in [2.05, 4.69) is 69.4 Å². The molecule has 6 atom stereocenters. The molecule has 1 rings (SSSR count). The summed E-state index contributed by atoms with van der Waals surface area (Å²) in [5.41, 5.74) is 0. The van der Waals surface area contributed by atoms with Crippen LogP contribution in [0.3, 0.4) is 0 Å². The number of esters is 3. The van der Waals surface area contributed by atoms with Crippen LogP contribution in [0.2, 0.25) is 0 Å². The molecule has 0 radical (unpaired) electrons. The molecule has 446 valence electrons. The Morgan fingerprint density at radius 2 is 0.818 bits per heavy atom. The molecule has 0 bridgehead atoms. The summed E-state index contributed by atoms with van der Waals surface area (Å²) in [5.74, 6) is -3.13. The second-order valence-corrected chi connectivity index (χ2v) is 21.7. The van der Waals surface area contributed by atoms with E-state index < -0.39 is 67.3 Å². The molecule has 0 aromatic heterocycles. The van der Waals surface area contributed by atoms with Gasteiger partial charge in [0.15, 0.2) is 24.6 Å². The third-order valence-corrected chi connectivity index (χ3v) is 14.4. The number of rotatable bonds is 54. The number of aliphatic carboxylic acids is 1. The van der Waals surface area contributed by atoms with Crippen molar-refractivity contribution in [2.45, 2.75) is 327 Å². The summed E-state index contributed by atoms with van der Waals surface area (Å²) in [7, 11) is 0. The summed E-state index contributed by atoms with van der Waals surface area (Å²) in [6.45, 7) is 5.89. The number of aliphatic hydroxyl groups excluding tert-OH is 2. The third kappa shape index (κ3) is 43.2. The van der Waals surface area contributed by atoms with E-state index in [4.69, 9.17) is 23.7 Å². The van der Waals surface area contributed by atoms with E-state index in [0.29, 0.717) is 19.3 Å². The molecule has 0 spiro atoms. The summed E-state index contributed by atoms with van der Waals surface area (Å²) < 4.78 is 28.5. The topological polar surface area (TPSA) is 175 Å².